The molecule has 0 unspecified atom stereocenters. The van der Waals surface area contributed by atoms with E-state index in [2.05, 4.69) is 15.5 Å². The second-order valence-corrected chi connectivity index (χ2v) is 7.92. The van der Waals surface area contributed by atoms with Gasteiger partial charge in [-0.25, -0.2) is 0 Å². The van der Waals surface area contributed by atoms with Crippen LogP contribution in [0.1, 0.15) is 54.1 Å². The van der Waals surface area contributed by atoms with Gasteiger partial charge < -0.3 is 19.2 Å². The van der Waals surface area contributed by atoms with Gasteiger partial charge in [0.1, 0.15) is 11.9 Å². The van der Waals surface area contributed by atoms with Gasteiger partial charge in [0.25, 0.3) is 5.91 Å². The number of nitrogens with one attached hydrogen (secondary N) is 1. The molecule has 0 spiro atoms. The van der Waals surface area contributed by atoms with Crippen LogP contribution in [-0.2, 0) is 9.53 Å². The lowest BCUT2D eigenvalue weighted by molar-refractivity contribution is -0.118. The first-order chi connectivity index (χ1) is 15.7. The molecule has 0 radical (unpaired) electrons. The van der Waals surface area contributed by atoms with Crippen LogP contribution < -0.4 is 15.0 Å². The third-order valence-corrected chi connectivity index (χ3v) is 5.85. The van der Waals surface area contributed by atoms with Crippen LogP contribution in [0.25, 0.3) is 0 Å². The zero-order valence-corrected chi connectivity index (χ0v) is 17.7. The fourth-order valence-electron chi connectivity index (χ4n) is 4.34. The lowest BCUT2D eigenvalue weighted by atomic mass is 9.82. The monoisotopic (exact) mass is 435 g/mol. The van der Waals surface area contributed by atoms with E-state index < -0.39 is 12.0 Å². The van der Waals surface area contributed by atoms with Gasteiger partial charge in [0.15, 0.2) is 29.7 Å². The Morgan fingerprint density at radius 1 is 1.22 bits per heavy atom. The Labute approximate surface area is 186 Å². The number of benzene rings is 1. The van der Waals surface area contributed by atoms with Crippen LogP contribution in [-0.4, -0.2) is 48.2 Å². The Morgan fingerprint density at radius 3 is 2.72 bits per heavy atom. The molecule has 1 aliphatic heterocycles. The summed E-state index contributed by atoms with van der Waals surface area (Å²) in [5.74, 6) is 0.980. The van der Waals surface area contributed by atoms with Gasteiger partial charge in [-0.1, -0.05) is 37.5 Å². The predicted octanol–water partition coefficient (Wildman–Crippen LogP) is 2.93. The Morgan fingerprint density at radius 2 is 2.00 bits per heavy atom. The van der Waals surface area contributed by atoms with E-state index in [-0.39, 0.29) is 11.6 Å². The number of rotatable bonds is 6. The number of carbonyl (C=O) groups excluding carboxylic acids is 2. The van der Waals surface area contributed by atoms with Crippen molar-refractivity contribution >= 4 is 18.0 Å². The van der Waals surface area contributed by atoms with E-state index in [0.717, 1.165) is 38.4 Å². The molecule has 1 amide bonds. The van der Waals surface area contributed by atoms with Crippen LogP contribution in [0.4, 0.5) is 5.82 Å². The Bertz CT molecular complexity index is 1000. The van der Waals surface area contributed by atoms with Crippen molar-refractivity contribution < 1.29 is 19.1 Å². The van der Waals surface area contributed by atoms with Crippen molar-refractivity contribution in [3.63, 3.8) is 0 Å². The second-order valence-electron chi connectivity index (χ2n) is 7.92. The molecule has 9 heteroatoms. The quantitative estimate of drug-likeness (QED) is 0.418. The molecule has 32 heavy (non-hydrogen) atoms. The van der Waals surface area contributed by atoms with Gasteiger partial charge in [-0.3, -0.25) is 10.1 Å². The zero-order chi connectivity index (χ0) is 22.3. The number of aromatic nitrogens is 2. The van der Waals surface area contributed by atoms with Crippen LogP contribution in [0.15, 0.2) is 30.3 Å². The van der Waals surface area contributed by atoms with Gasteiger partial charge in [-0.2, -0.15) is 5.26 Å². The Hall–Kier alpha value is -3.51. The van der Waals surface area contributed by atoms with Crippen molar-refractivity contribution in [2.45, 2.75) is 44.1 Å². The summed E-state index contributed by atoms with van der Waals surface area (Å²) in [4.78, 5) is 26.0. The van der Waals surface area contributed by atoms with Crippen molar-refractivity contribution in [1.29, 1.82) is 5.26 Å². The molecule has 166 valence electrons. The Kier molecular flexibility index (Phi) is 6.92. The van der Waals surface area contributed by atoms with E-state index in [1.165, 1.54) is 0 Å². The van der Waals surface area contributed by atoms with Crippen molar-refractivity contribution in [3.8, 4) is 17.7 Å². The van der Waals surface area contributed by atoms with Crippen LogP contribution in [0.2, 0.25) is 0 Å². The topological polar surface area (TPSA) is 117 Å². The molecule has 1 atom stereocenters. The van der Waals surface area contributed by atoms with Crippen molar-refractivity contribution in [2.75, 3.05) is 24.6 Å². The number of hydrogen-bond acceptors (Lipinski definition) is 8. The molecule has 1 aromatic heterocycles. The summed E-state index contributed by atoms with van der Waals surface area (Å²) in [6, 6.07) is 9.28. The number of nitriles is 1. The highest BCUT2D eigenvalue weighted by molar-refractivity contribution is 5.96. The number of hydrogen-bond donors (Lipinski definition) is 1. The van der Waals surface area contributed by atoms with Gasteiger partial charge in [0.2, 0.25) is 0 Å². The number of nitrogens with zero attached hydrogens (tertiary/aromatic N) is 4. The zero-order valence-electron chi connectivity index (χ0n) is 17.7. The maximum Gasteiger partial charge on any atom is 0.285 e. The van der Waals surface area contributed by atoms with Gasteiger partial charge in [0.05, 0.1) is 13.2 Å². The molecule has 1 saturated carbocycles. The van der Waals surface area contributed by atoms with Crippen LogP contribution in [0, 0.1) is 11.5 Å². The third-order valence-electron chi connectivity index (χ3n) is 5.85. The smallest absolute Gasteiger partial charge is 0.285 e. The van der Waals surface area contributed by atoms with Gasteiger partial charge in [0, 0.05) is 12.1 Å². The number of para-hydroxylation sites is 1. The van der Waals surface area contributed by atoms with E-state index in [1.54, 1.807) is 6.19 Å². The molecule has 0 bridgehead atoms. The Balaban J connectivity index is 1.86. The standard InChI is InChI=1S/C23H25N5O4/c24-15-25-23(30)20-19(16-7-3-1-4-8-16)21(32-17-9-5-2-6-10-17)22(27-26-20)28-11-12-31-18(13-28)14-29/h2,5-6,9-10,14,16,18H,1,3-4,7-8,11-13H2,(H,25,30)/t18-/m0/s1. The number of amides is 1. The molecule has 4 rings (SSSR count). The van der Waals surface area contributed by atoms with E-state index >= 15 is 0 Å². The van der Waals surface area contributed by atoms with Crippen LogP contribution in [0.5, 0.6) is 11.5 Å². The third kappa shape index (κ3) is 4.70. The predicted molar refractivity (Wildman–Crippen MR) is 115 cm³/mol. The van der Waals surface area contributed by atoms with Gasteiger partial charge in [-0.15, -0.1) is 10.2 Å². The van der Waals surface area contributed by atoms with E-state index in [9.17, 15) is 9.59 Å². The molecular weight excluding hydrogens is 410 g/mol. The molecule has 1 saturated heterocycles. The number of aldehydes is 1. The summed E-state index contributed by atoms with van der Waals surface area (Å²) in [5, 5.41) is 19.8. The number of carbonyl (C=O) groups is 2. The average Bonchev–Trinajstić information content (AvgIpc) is 2.85. The van der Waals surface area contributed by atoms with Crippen molar-refractivity contribution in [2.24, 2.45) is 0 Å². The molecule has 1 N–H and O–H groups in total. The van der Waals surface area contributed by atoms with E-state index in [1.807, 2.05) is 35.2 Å². The van der Waals surface area contributed by atoms with Gasteiger partial charge >= 0.3 is 0 Å². The summed E-state index contributed by atoms with van der Waals surface area (Å²) in [6.07, 6.45) is 6.88. The summed E-state index contributed by atoms with van der Waals surface area (Å²) in [5.41, 5.74) is 0.772. The first kappa shape index (κ1) is 21.7. The highest BCUT2D eigenvalue weighted by Crippen LogP contribution is 2.44. The molecule has 2 aliphatic rings. The maximum atomic E-state index is 12.7. The molecule has 2 aromatic rings. The largest absolute Gasteiger partial charge is 0.453 e. The molecule has 1 aliphatic carbocycles. The normalized spacial score (nSPS) is 19.1. The highest BCUT2D eigenvalue weighted by atomic mass is 16.5. The summed E-state index contributed by atoms with van der Waals surface area (Å²) in [6.45, 7) is 1.19. The first-order valence-corrected chi connectivity index (χ1v) is 10.9. The maximum absolute atomic E-state index is 12.7. The minimum absolute atomic E-state index is 0.0547. The summed E-state index contributed by atoms with van der Waals surface area (Å²) in [7, 11) is 0. The molecule has 2 heterocycles. The van der Waals surface area contributed by atoms with Crippen LogP contribution >= 0.6 is 0 Å². The molecule has 2 fully saturated rings. The molecule has 1 aromatic carbocycles. The summed E-state index contributed by atoms with van der Waals surface area (Å²) < 4.78 is 11.8. The molecule has 9 nitrogen and oxygen atoms in total. The van der Waals surface area contributed by atoms with Crippen molar-refractivity contribution in [1.82, 2.24) is 15.5 Å². The number of ether oxygens (including phenoxy) is 2. The average molecular weight is 435 g/mol. The van der Waals surface area contributed by atoms with Gasteiger partial charge in [-0.05, 0) is 30.9 Å². The lowest BCUT2D eigenvalue weighted by Crippen LogP contribution is -2.44. The van der Waals surface area contributed by atoms with Crippen molar-refractivity contribution in [3.05, 3.63) is 41.6 Å². The minimum Gasteiger partial charge on any atom is -0.453 e. The van der Waals surface area contributed by atoms with E-state index in [0.29, 0.717) is 42.6 Å². The second kappa shape index (κ2) is 10.2. The fourth-order valence-corrected chi connectivity index (χ4v) is 4.34. The SMILES string of the molecule is N#CNC(=O)c1nnc(N2CCO[C@H](C=O)C2)c(Oc2ccccc2)c1C1CCCCC1. The number of morpholine rings is 1. The first-order valence-electron chi connectivity index (χ1n) is 10.9. The molecular formula is C23H25N5O4. The summed E-state index contributed by atoms with van der Waals surface area (Å²) >= 11 is 0. The fraction of sp³-hybridized carbons (Fsp3) is 0.435. The lowest BCUT2D eigenvalue weighted by Gasteiger charge is -2.33. The van der Waals surface area contributed by atoms with Crippen LogP contribution in [0.3, 0.4) is 0 Å². The minimum atomic E-state index is -0.599. The highest BCUT2D eigenvalue weighted by Gasteiger charge is 2.33. The number of anilines is 1. The van der Waals surface area contributed by atoms with E-state index in [4.69, 9.17) is 14.7 Å².